The smallest absolute Gasteiger partial charge is 0.164 e. The summed E-state index contributed by atoms with van der Waals surface area (Å²) in [6, 6.07) is 3.73. The zero-order valence-electron chi connectivity index (χ0n) is 10.1. The molecule has 0 aliphatic heterocycles. The topological polar surface area (TPSA) is 50.9 Å². The molecule has 0 bridgehead atoms. The van der Waals surface area contributed by atoms with Crippen LogP contribution in [0, 0.1) is 11.6 Å². The fourth-order valence-electron chi connectivity index (χ4n) is 1.84. The highest BCUT2D eigenvalue weighted by molar-refractivity contribution is 5.26. The summed E-state index contributed by atoms with van der Waals surface area (Å²) in [6.45, 7) is 1.42. The lowest BCUT2D eigenvalue weighted by Gasteiger charge is -2.23. The Morgan fingerprint density at radius 1 is 1.39 bits per heavy atom. The Morgan fingerprint density at radius 2 is 2.11 bits per heavy atom. The van der Waals surface area contributed by atoms with Crippen LogP contribution in [0.5, 0.6) is 0 Å². The van der Waals surface area contributed by atoms with Crippen LogP contribution in [0.2, 0.25) is 0 Å². The Balaban J connectivity index is 2.33. The van der Waals surface area contributed by atoms with E-state index in [1.807, 2.05) is 0 Å². The fraction of sp³-hybridized carbons (Fsp3) is 0.333. The van der Waals surface area contributed by atoms with E-state index in [1.54, 1.807) is 13.2 Å². The van der Waals surface area contributed by atoms with Gasteiger partial charge in [0, 0.05) is 25.2 Å². The first kappa shape index (κ1) is 12.6. The lowest BCUT2D eigenvalue weighted by Crippen LogP contribution is -2.26. The predicted molar refractivity (Wildman–Crippen MR) is 60.6 cm³/mol. The third-order valence-corrected chi connectivity index (χ3v) is 2.71. The van der Waals surface area contributed by atoms with Crippen LogP contribution < -0.4 is 0 Å². The Hall–Kier alpha value is -1.82. The summed E-state index contributed by atoms with van der Waals surface area (Å²) in [5.41, 5.74) is -1.12. The van der Waals surface area contributed by atoms with Crippen molar-refractivity contribution in [1.82, 2.24) is 15.0 Å². The molecule has 1 N–H and O–H groups in total. The largest absolute Gasteiger partial charge is 0.385 e. The molecule has 0 saturated carbocycles. The van der Waals surface area contributed by atoms with E-state index in [2.05, 4.69) is 10.3 Å². The van der Waals surface area contributed by atoms with E-state index in [9.17, 15) is 13.9 Å². The molecule has 96 valence electrons. The second-order valence-corrected chi connectivity index (χ2v) is 4.44. The van der Waals surface area contributed by atoms with Crippen LogP contribution in [0.3, 0.4) is 0 Å². The molecule has 4 nitrogen and oxygen atoms in total. The van der Waals surface area contributed by atoms with Gasteiger partial charge in [-0.25, -0.2) is 8.78 Å². The number of hydrogen-bond acceptors (Lipinski definition) is 3. The van der Waals surface area contributed by atoms with Crippen LogP contribution in [-0.4, -0.2) is 20.1 Å². The number of aliphatic hydroxyl groups is 1. The van der Waals surface area contributed by atoms with Crippen molar-refractivity contribution in [3.63, 3.8) is 0 Å². The maximum Gasteiger partial charge on any atom is 0.164 e. The lowest BCUT2D eigenvalue weighted by molar-refractivity contribution is 0.0520. The van der Waals surface area contributed by atoms with Crippen molar-refractivity contribution in [3.05, 3.63) is 47.3 Å². The van der Waals surface area contributed by atoms with Crippen LogP contribution in [0.1, 0.15) is 18.2 Å². The molecule has 1 unspecified atom stereocenters. The third kappa shape index (κ3) is 2.38. The van der Waals surface area contributed by atoms with Gasteiger partial charge in [-0.3, -0.25) is 4.68 Å². The molecule has 0 spiro atoms. The third-order valence-electron chi connectivity index (χ3n) is 2.71. The molecule has 2 aromatic rings. The number of hydrogen-bond donors (Lipinski definition) is 1. The number of aryl methyl sites for hydroxylation is 1. The summed E-state index contributed by atoms with van der Waals surface area (Å²) < 4.78 is 28.2. The standard InChI is InChI=1S/C12H13F2N3O/c1-12(18,6-8-7-17(2)16-15-8)9-4-3-5-10(13)11(9)14/h3-5,7,18H,6H2,1-2H3. The molecule has 0 aliphatic carbocycles. The van der Waals surface area contributed by atoms with E-state index >= 15 is 0 Å². The average Bonchev–Trinajstić information content (AvgIpc) is 2.67. The number of halogens is 2. The van der Waals surface area contributed by atoms with Gasteiger partial charge in [0.2, 0.25) is 0 Å². The van der Waals surface area contributed by atoms with Gasteiger partial charge in [-0.05, 0) is 13.0 Å². The second kappa shape index (κ2) is 4.45. The zero-order chi connectivity index (χ0) is 13.3. The average molecular weight is 253 g/mol. The first-order chi connectivity index (χ1) is 8.40. The van der Waals surface area contributed by atoms with Gasteiger partial charge < -0.3 is 5.11 Å². The lowest BCUT2D eigenvalue weighted by atomic mass is 9.91. The number of benzene rings is 1. The molecule has 1 aromatic carbocycles. The summed E-state index contributed by atoms with van der Waals surface area (Å²) in [7, 11) is 1.69. The highest BCUT2D eigenvalue weighted by Gasteiger charge is 2.29. The molecule has 1 aromatic heterocycles. The molecular weight excluding hydrogens is 240 g/mol. The van der Waals surface area contributed by atoms with Crippen LogP contribution in [0.15, 0.2) is 24.4 Å². The SMILES string of the molecule is Cn1cc(CC(C)(O)c2cccc(F)c2F)nn1. The van der Waals surface area contributed by atoms with Crippen molar-refractivity contribution < 1.29 is 13.9 Å². The molecule has 18 heavy (non-hydrogen) atoms. The van der Waals surface area contributed by atoms with Crippen LogP contribution in [0.25, 0.3) is 0 Å². The summed E-state index contributed by atoms with van der Waals surface area (Å²) in [6.07, 6.45) is 1.67. The van der Waals surface area contributed by atoms with Gasteiger partial charge in [-0.1, -0.05) is 17.3 Å². The quantitative estimate of drug-likeness (QED) is 0.902. The Bertz CT molecular complexity index is 566. The van der Waals surface area contributed by atoms with E-state index < -0.39 is 17.2 Å². The van der Waals surface area contributed by atoms with Crippen molar-refractivity contribution >= 4 is 0 Å². The van der Waals surface area contributed by atoms with Crippen LogP contribution in [0.4, 0.5) is 8.78 Å². The van der Waals surface area contributed by atoms with E-state index in [-0.39, 0.29) is 12.0 Å². The monoisotopic (exact) mass is 253 g/mol. The van der Waals surface area contributed by atoms with Crippen molar-refractivity contribution in [2.24, 2.45) is 7.05 Å². The normalized spacial score (nSPS) is 14.5. The molecule has 0 radical (unpaired) electrons. The molecule has 0 aliphatic rings. The minimum Gasteiger partial charge on any atom is -0.385 e. The van der Waals surface area contributed by atoms with Crippen molar-refractivity contribution in [1.29, 1.82) is 0 Å². The fourth-order valence-corrected chi connectivity index (χ4v) is 1.84. The van der Waals surface area contributed by atoms with Gasteiger partial charge in [0.1, 0.15) is 0 Å². The number of nitrogens with zero attached hydrogens (tertiary/aromatic N) is 3. The van der Waals surface area contributed by atoms with Crippen LogP contribution >= 0.6 is 0 Å². The molecule has 0 amide bonds. The van der Waals surface area contributed by atoms with Gasteiger partial charge in [-0.15, -0.1) is 5.10 Å². The molecule has 1 heterocycles. The highest BCUT2D eigenvalue weighted by atomic mass is 19.2. The minimum atomic E-state index is -1.54. The Labute approximate surface area is 103 Å². The van der Waals surface area contributed by atoms with Crippen molar-refractivity contribution in [2.75, 3.05) is 0 Å². The summed E-state index contributed by atoms with van der Waals surface area (Å²) >= 11 is 0. The molecule has 0 saturated heterocycles. The number of aromatic nitrogens is 3. The van der Waals surface area contributed by atoms with Crippen molar-refractivity contribution in [3.8, 4) is 0 Å². The summed E-state index contributed by atoms with van der Waals surface area (Å²) in [5, 5.41) is 17.8. The molecule has 0 fully saturated rings. The maximum atomic E-state index is 13.6. The van der Waals surface area contributed by atoms with E-state index in [0.717, 1.165) is 6.07 Å². The molecule has 6 heteroatoms. The first-order valence-corrected chi connectivity index (χ1v) is 5.42. The van der Waals surface area contributed by atoms with Gasteiger partial charge in [0.05, 0.1) is 11.3 Å². The number of rotatable bonds is 3. The van der Waals surface area contributed by atoms with Gasteiger partial charge >= 0.3 is 0 Å². The summed E-state index contributed by atoms with van der Waals surface area (Å²) in [5.74, 6) is -2.02. The Morgan fingerprint density at radius 3 is 2.72 bits per heavy atom. The van der Waals surface area contributed by atoms with Gasteiger partial charge in [0.15, 0.2) is 11.6 Å². The van der Waals surface area contributed by atoms with E-state index in [4.69, 9.17) is 0 Å². The van der Waals surface area contributed by atoms with Gasteiger partial charge in [0.25, 0.3) is 0 Å². The molecule has 1 atom stereocenters. The van der Waals surface area contributed by atoms with E-state index in [0.29, 0.717) is 5.69 Å². The molecular formula is C12H13F2N3O. The Kier molecular flexibility index (Phi) is 3.13. The highest BCUT2D eigenvalue weighted by Crippen LogP contribution is 2.27. The first-order valence-electron chi connectivity index (χ1n) is 5.42. The van der Waals surface area contributed by atoms with Crippen molar-refractivity contribution in [2.45, 2.75) is 18.9 Å². The van der Waals surface area contributed by atoms with E-state index in [1.165, 1.54) is 23.7 Å². The van der Waals surface area contributed by atoms with Gasteiger partial charge in [-0.2, -0.15) is 0 Å². The minimum absolute atomic E-state index is 0.0568. The molecule has 2 rings (SSSR count). The predicted octanol–water partition coefficient (Wildman–Crippen LogP) is 1.54. The maximum absolute atomic E-state index is 13.6. The van der Waals surface area contributed by atoms with Crippen LogP contribution in [-0.2, 0) is 19.1 Å². The zero-order valence-corrected chi connectivity index (χ0v) is 10.1. The summed E-state index contributed by atoms with van der Waals surface area (Å²) in [4.78, 5) is 0. The second-order valence-electron chi connectivity index (χ2n) is 4.44.